The van der Waals surface area contributed by atoms with Crippen molar-refractivity contribution in [2.45, 2.75) is 0 Å². The molecule has 4 rings (SSSR count). The Morgan fingerprint density at radius 3 is 2.73 bits per heavy atom. The third-order valence-corrected chi connectivity index (χ3v) is 5.26. The summed E-state index contributed by atoms with van der Waals surface area (Å²) < 4.78 is 7.59. The molecule has 0 atom stereocenters. The van der Waals surface area contributed by atoms with Crippen LogP contribution < -0.4 is 4.74 Å². The van der Waals surface area contributed by atoms with Crippen molar-refractivity contribution in [2.75, 3.05) is 7.11 Å². The summed E-state index contributed by atoms with van der Waals surface area (Å²) in [5, 5.41) is 0.969. The fourth-order valence-corrected chi connectivity index (χ4v) is 3.45. The second-order valence-corrected chi connectivity index (χ2v) is 6.82. The highest BCUT2D eigenvalue weighted by molar-refractivity contribution is 7.71. The molecule has 0 radical (unpaired) electrons. The van der Waals surface area contributed by atoms with Gasteiger partial charge in [0.1, 0.15) is 11.4 Å². The van der Waals surface area contributed by atoms with Crippen LogP contribution >= 0.6 is 35.4 Å². The van der Waals surface area contributed by atoms with E-state index in [9.17, 15) is 0 Å². The number of rotatable bonds is 3. The number of nitrogens with zero attached hydrogens (tertiary/aromatic N) is 2. The number of ether oxygens (including phenoxy) is 1. The molecule has 2 aromatic heterocycles. The highest BCUT2D eigenvalue weighted by Gasteiger charge is 2.14. The molecule has 0 aliphatic rings. The van der Waals surface area contributed by atoms with Crippen molar-refractivity contribution in [2.24, 2.45) is 0 Å². The van der Waals surface area contributed by atoms with E-state index >= 15 is 0 Å². The van der Waals surface area contributed by atoms with Gasteiger partial charge in [0.15, 0.2) is 0 Å². The maximum absolute atomic E-state index is 6.41. The van der Waals surface area contributed by atoms with Gasteiger partial charge in [0.25, 0.3) is 0 Å². The lowest BCUT2D eigenvalue weighted by molar-refractivity contribution is 0.415. The SMILES string of the molecule is COc1cccc(-c2cn3c(=S)ncc(-c4cccc(Cl)c4Cl)c3[nH]2)c1. The van der Waals surface area contributed by atoms with Crippen LogP contribution in [-0.4, -0.2) is 21.5 Å². The summed E-state index contributed by atoms with van der Waals surface area (Å²) >= 11 is 18.0. The number of H-pyrrole nitrogens is 1. The Morgan fingerprint density at radius 1 is 1.12 bits per heavy atom. The number of methoxy groups -OCH3 is 1. The maximum Gasteiger partial charge on any atom is 0.205 e. The number of hydrogen-bond acceptors (Lipinski definition) is 3. The lowest BCUT2D eigenvalue weighted by Crippen LogP contribution is -1.93. The van der Waals surface area contributed by atoms with Gasteiger partial charge in [0.2, 0.25) is 4.77 Å². The predicted octanol–water partition coefficient (Wildman–Crippen LogP) is 6.04. The van der Waals surface area contributed by atoms with Crippen LogP contribution in [0.2, 0.25) is 10.0 Å². The summed E-state index contributed by atoms with van der Waals surface area (Å²) in [6.45, 7) is 0. The van der Waals surface area contributed by atoms with E-state index in [1.165, 1.54) is 0 Å². The van der Waals surface area contributed by atoms with Gasteiger partial charge in [-0.15, -0.1) is 0 Å². The predicted molar refractivity (Wildman–Crippen MR) is 108 cm³/mol. The number of hydrogen-bond donors (Lipinski definition) is 1. The highest BCUT2D eigenvalue weighted by atomic mass is 35.5. The van der Waals surface area contributed by atoms with E-state index < -0.39 is 0 Å². The van der Waals surface area contributed by atoms with Gasteiger partial charge in [-0.3, -0.25) is 4.40 Å². The standard InChI is InChI=1S/C19H13Cl2N3OS/c1-25-12-5-2-4-11(8-12)16-10-24-18(23-16)14(9-22-19(24)26)13-6-3-7-15(20)17(13)21/h2-10,23H,1H3. The van der Waals surface area contributed by atoms with Crippen LogP contribution in [0, 0.1) is 4.77 Å². The van der Waals surface area contributed by atoms with Crippen molar-refractivity contribution < 1.29 is 4.74 Å². The van der Waals surface area contributed by atoms with E-state index in [0.29, 0.717) is 14.8 Å². The summed E-state index contributed by atoms with van der Waals surface area (Å²) in [5.41, 5.74) is 4.28. The first-order valence-corrected chi connectivity index (χ1v) is 8.94. The molecule has 26 heavy (non-hydrogen) atoms. The van der Waals surface area contributed by atoms with E-state index in [1.54, 1.807) is 19.4 Å². The van der Waals surface area contributed by atoms with Crippen molar-refractivity contribution in [3.8, 4) is 28.1 Å². The number of aromatic nitrogens is 3. The largest absolute Gasteiger partial charge is 0.497 e. The Morgan fingerprint density at radius 2 is 1.92 bits per heavy atom. The van der Waals surface area contributed by atoms with E-state index in [1.807, 2.05) is 47.0 Å². The van der Waals surface area contributed by atoms with E-state index in [4.69, 9.17) is 40.2 Å². The fraction of sp³-hybridized carbons (Fsp3) is 0.0526. The van der Waals surface area contributed by atoms with Gasteiger partial charge in [0, 0.05) is 29.1 Å². The Labute approximate surface area is 165 Å². The Hall–Kier alpha value is -2.34. The van der Waals surface area contributed by atoms with Gasteiger partial charge < -0.3 is 9.72 Å². The Kier molecular flexibility index (Phi) is 4.44. The van der Waals surface area contributed by atoms with Crippen LogP contribution in [0.1, 0.15) is 0 Å². The number of benzene rings is 2. The summed E-state index contributed by atoms with van der Waals surface area (Å²) in [5.74, 6) is 0.779. The molecule has 1 N–H and O–H groups in total. The first-order chi connectivity index (χ1) is 12.6. The number of aromatic amines is 1. The second-order valence-electron chi connectivity index (χ2n) is 5.67. The zero-order chi connectivity index (χ0) is 18.3. The lowest BCUT2D eigenvalue weighted by Gasteiger charge is -2.07. The molecule has 2 heterocycles. The number of nitrogens with one attached hydrogen (secondary N) is 1. The van der Waals surface area contributed by atoms with E-state index in [2.05, 4.69) is 9.97 Å². The molecule has 0 aliphatic heterocycles. The van der Waals surface area contributed by atoms with Gasteiger partial charge in [0.05, 0.1) is 22.8 Å². The van der Waals surface area contributed by atoms with Crippen molar-refractivity contribution in [3.63, 3.8) is 0 Å². The molecule has 4 aromatic rings. The van der Waals surface area contributed by atoms with Gasteiger partial charge in [-0.25, -0.2) is 4.98 Å². The molecule has 130 valence electrons. The minimum atomic E-state index is 0.451. The number of imidazole rings is 1. The van der Waals surface area contributed by atoms with Crippen molar-refractivity contribution >= 4 is 41.1 Å². The molecule has 4 nitrogen and oxygen atoms in total. The summed E-state index contributed by atoms with van der Waals surface area (Å²) in [4.78, 5) is 7.74. The topological polar surface area (TPSA) is 42.3 Å². The summed E-state index contributed by atoms with van der Waals surface area (Å²) in [6, 6.07) is 13.3. The number of fused-ring (bicyclic) bond motifs is 1. The summed E-state index contributed by atoms with van der Waals surface area (Å²) in [6.07, 6.45) is 3.63. The fourth-order valence-electron chi connectivity index (χ4n) is 2.85. The van der Waals surface area contributed by atoms with Crippen LogP contribution in [-0.2, 0) is 0 Å². The van der Waals surface area contributed by atoms with Gasteiger partial charge >= 0.3 is 0 Å². The van der Waals surface area contributed by atoms with Gasteiger partial charge in [-0.05, 0) is 30.4 Å². The molecule has 0 saturated carbocycles. The molecule has 7 heteroatoms. The number of halogens is 2. The molecule has 0 aliphatic carbocycles. The minimum absolute atomic E-state index is 0.451. The Balaban J connectivity index is 1.97. The van der Waals surface area contributed by atoms with Gasteiger partial charge in [-0.1, -0.05) is 47.5 Å². The average Bonchev–Trinajstić information content (AvgIpc) is 3.11. The molecule has 0 spiro atoms. The van der Waals surface area contributed by atoms with Crippen molar-refractivity contribution in [3.05, 3.63) is 69.7 Å². The van der Waals surface area contributed by atoms with Crippen LogP contribution in [0.25, 0.3) is 28.0 Å². The smallest absolute Gasteiger partial charge is 0.205 e. The molecular formula is C19H13Cl2N3OS. The summed E-state index contributed by atoms with van der Waals surface area (Å²) in [7, 11) is 1.64. The molecule has 0 unspecified atom stereocenters. The quantitative estimate of drug-likeness (QED) is 0.425. The maximum atomic E-state index is 6.41. The zero-order valence-electron chi connectivity index (χ0n) is 13.7. The highest BCUT2D eigenvalue weighted by Crippen LogP contribution is 2.35. The third-order valence-electron chi connectivity index (χ3n) is 4.14. The van der Waals surface area contributed by atoms with Gasteiger partial charge in [-0.2, -0.15) is 0 Å². The van der Waals surface area contributed by atoms with E-state index in [0.717, 1.165) is 33.8 Å². The molecule has 0 saturated heterocycles. The first-order valence-electron chi connectivity index (χ1n) is 7.77. The van der Waals surface area contributed by atoms with Crippen molar-refractivity contribution in [1.29, 1.82) is 0 Å². The molecular weight excluding hydrogens is 389 g/mol. The zero-order valence-corrected chi connectivity index (χ0v) is 16.0. The average molecular weight is 402 g/mol. The monoisotopic (exact) mass is 401 g/mol. The van der Waals surface area contributed by atoms with Crippen LogP contribution in [0.15, 0.2) is 54.9 Å². The molecule has 2 aromatic carbocycles. The molecule has 0 fully saturated rings. The van der Waals surface area contributed by atoms with E-state index in [-0.39, 0.29) is 0 Å². The Bertz CT molecular complexity index is 1180. The van der Waals surface area contributed by atoms with Crippen molar-refractivity contribution in [1.82, 2.24) is 14.4 Å². The van der Waals surface area contributed by atoms with Crippen LogP contribution in [0.3, 0.4) is 0 Å². The normalized spacial score (nSPS) is 11.0. The second kappa shape index (κ2) is 6.76. The lowest BCUT2D eigenvalue weighted by atomic mass is 10.1. The minimum Gasteiger partial charge on any atom is -0.497 e. The third kappa shape index (κ3) is 2.88. The molecule has 0 amide bonds. The first kappa shape index (κ1) is 17.1. The van der Waals surface area contributed by atoms with Crippen LogP contribution in [0.5, 0.6) is 5.75 Å². The molecule has 0 bridgehead atoms. The van der Waals surface area contributed by atoms with Crippen LogP contribution in [0.4, 0.5) is 0 Å².